The fraction of sp³-hybridized carbons (Fsp3) is 0.0667. The number of amides is 2. The van der Waals surface area contributed by atoms with Crippen molar-refractivity contribution in [3.8, 4) is 6.07 Å². The number of rotatable bonds is 2. The summed E-state index contributed by atoms with van der Waals surface area (Å²) in [5, 5.41) is 11.6. The Morgan fingerprint density at radius 2 is 2.00 bits per heavy atom. The molecule has 2 rings (SSSR count). The zero-order valence-corrected chi connectivity index (χ0v) is 11.0. The fourth-order valence-electron chi connectivity index (χ4n) is 1.78. The van der Waals surface area contributed by atoms with Crippen LogP contribution in [0.15, 0.2) is 48.5 Å². The van der Waals surface area contributed by atoms with Crippen LogP contribution in [0.5, 0.6) is 0 Å². The number of hydrogen-bond acceptors (Lipinski definition) is 3. The Morgan fingerprint density at radius 3 is 2.70 bits per heavy atom. The number of anilines is 3. The zero-order chi connectivity index (χ0) is 14.5. The second-order valence-electron chi connectivity index (χ2n) is 4.24. The van der Waals surface area contributed by atoms with Gasteiger partial charge in [0.1, 0.15) is 0 Å². The summed E-state index contributed by atoms with van der Waals surface area (Å²) < 4.78 is 0. The molecule has 5 heteroatoms. The van der Waals surface area contributed by atoms with Crippen LogP contribution in [0.4, 0.5) is 21.9 Å². The molecule has 3 N–H and O–H groups in total. The van der Waals surface area contributed by atoms with Crippen LogP contribution in [-0.4, -0.2) is 13.1 Å². The molecule has 0 radical (unpaired) electrons. The molecule has 2 amide bonds. The number of nitrogen functional groups attached to an aromatic ring is 1. The molecule has 20 heavy (non-hydrogen) atoms. The molecule has 0 saturated carbocycles. The van der Waals surface area contributed by atoms with E-state index in [-0.39, 0.29) is 6.03 Å². The molecule has 0 aliphatic rings. The normalized spacial score (nSPS) is 9.60. The minimum atomic E-state index is -0.321. The van der Waals surface area contributed by atoms with Crippen molar-refractivity contribution in [2.24, 2.45) is 0 Å². The fourth-order valence-corrected chi connectivity index (χ4v) is 1.78. The summed E-state index contributed by atoms with van der Waals surface area (Å²) in [5.74, 6) is 0. The number of urea groups is 1. The van der Waals surface area contributed by atoms with Crippen molar-refractivity contribution in [1.82, 2.24) is 0 Å². The summed E-state index contributed by atoms with van der Waals surface area (Å²) in [6.07, 6.45) is 0. The van der Waals surface area contributed by atoms with Gasteiger partial charge in [-0.05, 0) is 30.3 Å². The average molecular weight is 266 g/mol. The number of carbonyl (C=O) groups excluding carboxylic acids is 1. The lowest BCUT2D eigenvalue weighted by Crippen LogP contribution is -2.31. The van der Waals surface area contributed by atoms with Crippen molar-refractivity contribution in [3.63, 3.8) is 0 Å². The Hall–Kier alpha value is -3.00. The Morgan fingerprint density at radius 1 is 1.25 bits per heavy atom. The number of nitrogens with zero attached hydrogens (tertiary/aromatic N) is 2. The molecule has 0 aliphatic carbocycles. The zero-order valence-electron chi connectivity index (χ0n) is 11.0. The van der Waals surface area contributed by atoms with Crippen LogP contribution in [0, 0.1) is 11.3 Å². The molecule has 0 fully saturated rings. The van der Waals surface area contributed by atoms with E-state index in [1.807, 2.05) is 12.1 Å². The van der Waals surface area contributed by atoms with Crippen LogP contribution in [-0.2, 0) is 0 Å². The number of para-hydroxylation sites is 2. The van der Waals surface area contributed by atoms with E-state index < -0.39 is 0 Å². The van der Waals surface area contributed by atoms with Gasteiger partial charge in [-0.15, -0.1) is 0 Å². The summed E-state index contributed by atoms with van der Waals surface area (Å²) >= 11 is 0. The first kappa shape index (κ1) is 13.4. The van der Waals surface area contributed by atoms with E-state index in [1.54, 1.807) is 49.5 Å². The molecule has 5 nitrogen and oxygen atoms in total. The molecule has 0 spiro atoms. The van der Waals surface area contributed by atoms with E-state index in [1.165, 1.54) is 4.90 Å². The predicted molar refractivity (Wildman–Crippen MR) is 79.4 cm³/mol. The van der Waals surface area contributed by atoms with Gasteiger partial charge in [0.05, 0.1) is 23.0 Å². The topological polar surface area (TPSA) is 82.2 Å². The van der Waals surface area contributed by atoms with Gasteiger partial charge in [0, 0.05) is 12.7 Å². The van der Waals surface area contributed by atoms with E-state index in [9.17, 15) is 4.79 Å². The van der Waals surface area contributed by atoms with E-state index in [0.717, 1.165) is 0 Å². The summed E-state index contributed by atoms with van der Waals surface area (Å²) in [6.45, 7) is 0. The number of benzene rings is 2. The number of carbonyl (C=O) groups is 1. The number of nitrogens with two attached hydrogens (primary N) is 1. The quantitative estimate of drug-likeness (QED) is 0.820. The van der Waals surface area contributed by atoms with Crippen LogP contribution in [0.3, 0.4) is 0 Å². The Labute approximate surface area is 117 Å². The number of hydrogen-bond donors (Lipinski definition) is 2. The van der Waals surface area contributed by atoms with Crippen LogP contribution >= 0.6 is 0 Å². The van der Waals surface area contributed by atoms with Crippen molar-refractivity contribution in [1.29, 1.82) is 5.26 Å². The Bertz CT molecular complexity index is 676. The highest BCUT2D eigenvalue weighted by molar-refractivity contribution is 6.03. The van der Waals surface area contributed by atoms with Gasteiger partial charge in [-0.1, -0.05) is 18.2 Å². The molecular weight excluding hydrogens is 252 g/mol. The summed E-state index contributed by atoms with van der Waals surface area (Å²) in [7, 11) is 1.63. The molecule has 2 aromatic rings. The second kappa shape index (κ2) is 5.76. The van der Waals surface area contributed by atoms with Gasteiger partial charge in [0.25, 0.3) is 0 Å². The molecule has 0 unspecified atom stereocenters. The average Bonchev–Trinajstić information content (AvgIpc) is 2.47. The Kier molecular flexibility index (Phi) is 3.87. The maximum Gasteiger partial charge on any atom is 0.326 e. The predicted octanol–water partition coefficient (Wildman–Crippen LogP) is 2.81. The van der Waals surface area contributed by atoms with Gasteiger partial charge in [-0.25, -0.2) is 4.79 Å². The molecule has 0 aliphatic heterocycles. The number of nitriles is 1. The van der Waals surface area contributed by atoms with Crippen molar-refractivity contribution in [2.45, 2.75) is 0 Å². The second-order valence-corrected chi connectivity index (χ2v) is 4.24. The van der Waals surface area contributed by atoms with E-state index in [0.29, 0.717) is 22.6 Å². The highest BCUT2D eigenvalue weighted by Crippen LogP contribution is 2.22. The number of nitrogens with one attached hydrogen (secondary N) is 1. The third-order valence-electron chi connectivity index (χ3n) is 2.85. The highest BCUT2D eigenvalue weighted by Gasteiger charge is 2.13. The van der Waals surface area contributed by atoms with E-state index in [2.05, 4.69) is 5.32 Å². The first-order valence-electron chi connectivity index (χ1n) is 6.01. The lowest BCUT2D eigenvalue weighted by Gasteiger charge is -2.19. The molecular formula is C15H14N4O. The smallest absolute Gasteiger partial charge is 0.326 e. The molecule has 0 heterocycles. The summed E-state index contributed by atoms with van der Waals surface area (Å²) in [4.78, 5) is 13.6. The first-order chi connectivity index (χ1) is 9.61. The standard InChI is InChI=1S/C15H14N4O/c1-19(14-8-3-2-7-13(14)17)15(20)18-12-6-4-5-11(9-12)10-16/h2-9H,17H2,1H3,(H,18,20). The summed E-state index contributed by atoms with van der Waals surface area (Å²) in [6, 6.07) is 15.5. The van der Waals surface area contributed by atoms with Crippen LogP contribution in [0.25, 0.3) is 0 Å². The van der Waals surface area contributed by atoms with Crippen molar-refractivity contribution in [3.05, 3.63) is 54.1 Å². The van der Waals surface area contributed by atoms with Gasteiger partial charge in [-0.3, -0.25) is 4.90 Å². The maximum atomic E-state index is 12.1. The molecule has 0 saturated heterocycles. The Balaban J connectivity index is 2.16. The van der Waals surface area contributed by atoms with Gasteiger partial charge in [-0.2, -0.15) is 5.26 Å². The van der Waals surface area contributed by atoms with Crippen LogP contribution < -0.4 is 16.0 Å². The SMILES string of the molecule is CN(C(=O)Nc1cccc(C#N)c1)c1ccccc1N. The van der Waals surface area contributed by atoms with Crippen molar-refractivity contribution < 1.29 is 4.79 Å². The highest BCUT2D eigenvalue weighted by atomic mass is 16.2. The van der Waals surface area contributed by atoms with Crippen molar-refractivity contribution >= 4 is 23.1 Å². The van der Waals surface area contributed by atoms with Gasteiger partial charge in [0.15, 0.2) is 0 Å². The first-order valence-corrected chi connectivity index (χ1v) is 6.01. The van der Waals surface area contributed by atoms with Crippen molar-refractivity contribution in [2.75, 3.05) is 23.0 Å². The van der Waals surface area contributed by atoms with Gasteiger partial charge in [0.2, 0.25) is 0 Å². The van der Waals surface area contributed by atoms with Crippen LogP contribution in [0.1, 0.15) is 5.56 Å². The summed E-state index contributed by atoms with van der Waals surface area (Å²) in [5.41, 5.74) is 8.04. The van der Waals surface area contributed by atoms with Gasteiger partial charge >= 0.3 is 6.03 Å². The molecule has 0 bridgehead atoms. The van der Waals surface area contributed by atoms with E-state index in [4.69, 9.17) is 11.0 Å². The molecule has 100 valence electrons. The monoisotopic (exact) mass is 266 g/mol. The third kappa shape index (κ3) is 2.87. The van der Waals surface area contributed by atoms with Gasteiger partial charge < -0.3 is 11.1 Å². The molecule has 0 aromatic heterocycles. The largest absolute Gasteiger partial charge is 0.397 e. The minimum Gasteiger partial charge on any atom is -0.397 e. The lowest BCUT2D eigenvalue weighted by molar-refractivity contribution is 0.258. The maximum absolute atomic E-state index is 12.1. The molecule has 0 atom stereocenters. The van der Waals surface area contributed by atoms with E-state index >= 15 is 0 Å². The third-order valence-corrected chi connectivity index (χ3v) is 2.85. The lowest BCUT2D eigenvalue weighted by atomic mass is 10.2. The molecule has 2 aromatic carbocycles. The van der Waals surface area contributed by atoms with Crippen LogP contribution in [0.2, 0.25) is 0 Å². The minimum absolute atomic E-state index is 0.321.